The number of rotatable bonds is 3. The number of fused-ring (bicyclic) bond motifs is 3. The van der Waals surface area contributed by atoms with E-state index in [4.69, 9.17) is 4.74 Å². The highest BCUT2D eigenvalue weighted by Crippen LogP contribution is 2.30. The zero-order valence-corrected chi connectivity index (χ0v) is 19.9. The number of aromatic amines is 1. The smallest absolute Gasteiger partial charge is 0.259 e. The van der Waals surface area contributed by atoms with Crippen LogP contribution >= 0.6 is 0 Å². The number of nitrogens with zero attached hydrogens (tertiary/aromatic N) is 4. The largest absolute Gasteiger partial charge is 0.381 e. The summed E-state index contributed by atoms with van der Waals surface area (Å²) in [5, 5.41) is 6.06. The van der Waals surface area contributed by atoms with Gasteiger partial charge in [0.1, 0.15) is 0 Å². The van der Waals surface area contributed by atoms with Gasteiger partial charge in [-0.2, -0.15) is 5.10 Å². The van der Waals surface area contributed by atoms with E-state index < -0.39 is 0 Å². The van der Waals surface area contributed by atoms with Crippen LogP contribution in [-0.4, -0.2) is 75.9 Å². The molecule has 3 aromatic rings. The molecule has 6 rings (SSSR count). The van der Waals surface area contributed by atoms with Crippen molar-refractivity contribution in [2.75, 3.05) is 39.4 Å². The molecule has 0 spiro atoms. The van der Waals surface area contributed by atoms with Crippen molar-refractivity contribution in [3.8, 4) is 0 Å². The molecule has 1 saturated carbocycles. The predicted octanol–water partition coefficient (Wildman–Crippen LogP) is 3.24. The number of H-pyrrole nitrogens is 1. The molecule has 3 fully saturated rings. The molecule has 180 valence electrons. The van der Waals surface area contributed by atoms with Crippen molar-refractivity contribution in [2.24, 2.45) is 0 Å². The maximum atomic E-state index is 13.6. The number of aromatic nitrogens is 3. The first-order valence-corrected chi connectivity index (χ1v) is 12.7. The third kappa shape index (κ3) is 3.73. The van der Waals surface area contributed by atoms with Crippen molar-refractivity contribution in [3.63, 3.8) is 0 Å². The first kappa shape index (κ1) is 21.8. The summed E-state index contributed by atoms with van der Waals surface area (Å²) in [6.45, 7) is 6.81. The van der Waals surface area contributed by atoms with Crippen molar-refractivity contribution in [3.05, 3.63) is 39.8 Å². The lowest BCUT2D eigenvalue weighted by Gasteiger charge is -2.38. The summed E-state index contributed by atoms with van der Waals surface area (Å²) in [6, 6.07) is 4.82. The number of nitrogens with one attached hydrogen (secondary N) is 1. The molecule has 1 aromatic carbocycles. The number of benzene rings is 1. The molecule has 8 heteroatoms. The Labute approximate surface area is 198 Å². The Morgan fingerprint density at radius 1 is 1.00 bits per heavy atom. The molecule has 0 unspecified atom stereocenters. The number of aryl methyl sites for hydroxylation is 1. The quantitative estimate of drug-likeness (QED) is 0.645. The topological polar surface area (TPSA) is 83.5 Å². The van der Waals surface area contributed by atoms with Gasteiger partial charge in [0.25, 0.3) is 11.5 Å². The second-order valence-electron chi connectivity index (χ2n) is 10.1. The van der Waals surface area contributed by atoms with E-state index in [-0.39, 0.29) is 17.5 Å². The Kier molecular flexibility index (Phi) is 5.65. The van der Waals surface area contributed by atoms with Crippen LogP contribution in [0.15, 0.2) is 23.1 Å². The third-order valence-electron chi connectivity index (χ3n) is 8.12. The fourth-order valence-corrected chi connectivity index (χ4v) is 6.16. The van der Waals surface area contributed by atoms with Crippen LogP contribution in [0.2, 0.25) is 0 Å². The van der Waals surface area contributed by atoms with E-state index in [0.717, 1.165) is 66.6 Å². The highest BCUT2D eigenvalue weighted by Gasteiger charge is 2.29. The fraction of sp³-hybridized carbons (Fsp3) is 0.577. The van der Waals surface area contributed by atoms with Crippen molar-refractivity contribution in [1.29, 1.82) is 0 Å². The van der Waals surface area contributed by atoms with Crippen LogP contribution < -0.4 is 5.56 Å². The Morgan fingerprint density at radius 2 is 1.74 bits per heavy atom. The SMILES string of the molecule is Cc1cc2[nH]c(=O)c3cnn(C4CCOCC4)c3c2cc1C(=O)N1CCN(C2CCCC2)CC1. The summed E-state index contributed by atoms with van der Waals surface area (Å²) in [7, 11) is 0. The maximum Gasteiger partial charge on any atom is 0.259 e. The second-order valence-corrected chi connectivity index (χ2v) is 10.1. The lowest BCUT2D eigenvalue weighted by atomic mass is 10.0. The molecule has 8 nitrogen and oxygen atoms in total. The van der Waals surface area contributed by atoms with Crippen molar-refractivity contribution in [1.82, 2.24) is 24.6 Å². The molecule has 1 N–H and O–H groups in total. The molecule has 2 saturated heterocycles. The van der Waals surface area contributed by atoms with Gasteiger partial charge in [-0.1, -0.05) is 12.8 Å². The first-order chi connectivity index (χ1) is 16.6. The Bertz CT molecular complexity index is 1280. The number of hydrogen-bond donors (Lipinski definition) is 1. The molecule has 1 amide bonds. The van der Waals surface area contributed by atoms with Gasteiger partial charge in [-0.25, -0.2) is 0 Å². The number of amides is 1. The second kappa shape index (κ2) is 8.82. The lowest BCUT2D eigenvalue weighted by Crippen LogP contribution is -2.51. The van der Waals surface area contributed by atoms with Gasteiger partial charge in [-0.05, 0) is 50.3 Å². The van der Waals surface area contributed by atoms with E-state index in [9.17, 15) is 9.59 Å². The standard InChI is InChI=1S/C26H33N5O3/c1-17-14-23-21(24-22(25(32)28-23)16-27-31(24)19-6-12-34-13-7-19)15-20(17)26(33)30-10-8-29(9-11-30)18-4-2-3-5-18/h14-16,18-19H,2-13H2,1H3,(H,28,32). The van der Waals surface area contributed by atoms with Crippen LogP contribution in [0.3, 0.4) is 0 Å². The van der Waals surface area contributed by atoms with Gasteiger partial charge in [0.15, 0.2) is 0 Å². The van der Waals surface area contributed by atoms with E-state index in [1.54, 1.807) is 6.20 Å². The molecule has 1 aliphatic carbocycles. The number of carbonyl (C=O) groups excluding carboxylic acids is 1. The van der Waals surface area contributed by atoms with Crippen LogP contribution in [-0.2, 0) is 4.74 Å². The summed E-state index contributed by atoms with van der Waals surface area (Å²) in [5.41, 5.74) is 3.05. The minimum Gasteiger partial charge on any atom is -0.381 e. The Balaban J connectivity index is 1.35. The third-order valence-corrected chi connectivity index (χ3v) is 8.12. The van der Waals surface area contributed by atoms with Crippen LogP contribution in [0.4, 0.5) is 0 Å². The average molecular weight is 464 g/mol. The van der Waals surface area contributed by atoms with Gasteiger partial charge in [0.2, 0.25) is 0 Å². The highest BCUT2D eigenvalue weighted by atomic mass is 16.5. The lowest BCUT2D eigenvalue weighted by molar-refractivity contribution is 0.0573. The maximum absolute atomic E-state index is 13.6. The normalized spacial score (nSPS) is 21.1. The summed E-state index contributed by atoms with van der Waals surface area (Å²) in [4.78, 5) is 34.0. The number of ether oxygens (including phenoxy) is 1. The summed E-state index contributed by atoms with van der Waals surface area (Å²) >= 11 is 0. The van der Waals surface area contributed by atoms with Crippen molar-refractivity contribution < 1.29 is 9.53 Å². The minimum atomic E-state index is -0.137. The first-order valence-electron chi connectivity index (χ1n) is 12.7. The molecular formula is C26H33N5O3. The number of pyridine rings is 1. The highest BCUT2D eigenvalue weighted by molar-refractivity contribution is 6.07. The number of carbonyl (C=O) groups is 1. The van der Waals surface area contributed by atoms with Gasteiger partial charge >= 0.3 is 0 Å². The molecular weight excluding hydrogens is 430 g/mol. The molecule has 3 aliphatic rings. The molecule has 2 aromatic heterocycles. The summed E-state index contributed by atoms with van der Waals surface area (Å²) in [5.74, 6) is 0.0851. The van der Waals surface area contributed by atoms with Gasteiger partial charge in [0.05, 0.1) is 28.7 Å². The molecule has 34 heavy (non-hydrogen) atoms. The molecule has 0 bridgehead atoms. The Morgan fingerprint density at radius 3 is 2.47 bits per heavy atom. The fourth-order valence-electron chi connectivity index (χ4n) is 6.16. The van der Waals surface area contributed by atoms with Gasteiger partial charge in [-0.15, -0.1) is 0 Å². The molecule has 0 radical (unpaired) electrons. The predicted molar refractivity (Wildman–Crippen MR) is 131 cm³/mol. The Hall–Kier alpha value is -2.71. The monoisotopic (exact) mass is 463 g/mol. The van der Waals surface area contributed by atoms with E-state index in [1.165, 1.54) is 25.7 Å². The van der Waals surface area contributed by atoms with Crippen molar-refractivity contribution in [2.45, 2.75) is 57.5 Å². The number of hydrogen-bond acceptors (Lipinski definition) is 5. The molecule has 4 heterocycles. The van der Waals surface area contributed by atoms with Crippen LogP contribution in [0, 0.1) is 6.92 Å². The van der Waals surface area contributed by atoms with E-state index in [1.807, 2.05) is 28.6 Å². The average Bonchev–Trinajstić information content (AvgIpc) is 3.55. The van der Waals surface area contributed by atoms with Gasteiger partial charge < -0.3 is 14.6 Å². The molecule has 0 atom stereocenters. The summed E-state index contributed by atoms with van der Waals surface area (Å²) < 4.78 is 7.52. The van der Waals surface area contributed by atoms with Crippen LogP contribution in [0.1, 0.15) is 60.5 Å². The van der Waals surface area contributed by atoms with Gasteiger partial charge in [0, 0.05) is 56.4 Å². The van der Waals surface area contributed by atoms with E-state index >= 15 is 0 Å². The zero-order valence-electron chi connectivity index (χ0n) is 19.9. The van der Waals surface area contributed by atoms with Gasteiger partial charge in [-0.3, -0.25) is 19.2 Å². The van der Waals surface area contributed by atoms with Crippen LogP contribution in [0.5, 0.6) is 0 Å². The minimum absolute atomic E-state index is 0.0851. The van der Waals surface area contributed by atoms with E-state index in [0.29, 0.717) is 24.6 Å². The van der Waals surface area contributed by atoms with Crippen LogP contribution in [0.25, 0.3) is 21.8 Å². The van der Waals surface area contributed by atoms with E-state index in [2.05, 4.69) is 15.0 Å². The van der Waals surface area contributed by atoms with Crippen molar-refractivity contribution >= 4 is 27.7 Å². The number of piperazine rings is 1. The zero-order chi connectivity index (χ0) is 23.2. The summed E-state index contributed by atoms with van der Waals surface area (Å²) in [6.07, 6.45) is 8.66. The molecule has 2 aliphatic heterocycles.